The highest BCUT2D eigenvalue weighted by Gasteiger charge is 2.10. The standard InChI is InChI=1S/C18H21ClN2O2/c1-21(12-13-23-16-9-7-15(19)8-10-16)18(22)11-6-14-4-2-3-5-17(14)20/h2-5,7-10H,6,11-13,20H2,1H3. The monoisotopic (exact) mass is 332 g/mol. The van der Waals surface area contributed by atoms with Gasteiger partial charge in [-0.2, -0.15) is 0 Å². The highest BCUT2D eigenvalue weighted by atomic mass is 35.5. The van der Waals surface area contributed by atoms with Gasteiger partial charge in [-0.25, -0.2) is 0 Å². The number of nitrogens with zero attached hydrogens (tertiary/aromatic N) is 1. The number of ether oxygens (including phenoxy) is 1. The van der Waals surface area contributed by atoms with Crippen molar-refractivity contribution >= 4 is 23.2 Å². The Morgan fingerprint density at radius 3 is 2.57 bits per heavy atom. The lowest BCUT2D eigenvalue weighted by Crippen LogP contribution is -2.31. The van der Waals surface area contributed by atoms with Gasteiger partial charge >= 0.3 is 0 Å². The number of benzene rings is 2. The fraction of sp³-hybridized carbons (Fsp3) is 0.278. The molecule has 0 aromatic heterocycles. The predicted molar refractivity (Wildman–Crippen MR) is 93.8 cm³/mol. The summed E-state index contributed by atoms with van der Waals surface area (Å²) in [4.78, 5) is 13.8. The maximum atomic E-state index is 12.1. The number of para-hydroxylation sites is 1. The van der Waals surface area contributed by atoms with Crippen LogP contribution in [0, 0.1) is 0 Å². The predicted octanol–water partition coefficient (Wildman–Crippen LogP) is 3.39. The van der Waals surface area contributed by atoms with Gasteiger partial charge in [0, 0.05) is 24.2 Å². The van der Waals surface area contributed by atoms with E-state index in [9.17, 15) is 4.79 Å². The quantitative estimate of drug-likeness (QED) is 0.791. The normalized spacial score (nSPS) is 10.3. The third-order valence-electron chi connectivity index (χ3n) is 3.60. The van der Waals surface area contributed by atoms with E-state index in [4.69, 9.17) is 22.1 Å². The van der Waals surface area contributed by atoms with Crippen molar-refractivity contribution in [2.45, 2.75) is 12.8 Å². The molecule has 0 radical (unpaired) electrons. The van der Waals surface area contributed by atoms with E-state index < -0.39 is 0 Å². The van der Waals surface area contributed by atoms with E-state index in [-0.39, 0.29) is 5.91 Å². The average Bonchev–Trinajstić information content (AvgIpc) is 2.55. The molecule has 2 N–H and O–H groups in total. The molecule has 0 saturated heterocycles. The van der Waals surface area contributed by atoms with Crippen molar-refractivity contribution in [1.82, 2.24) is 4.90 Å². The molecule has 0 unspecified atom stereocenters. The summed E-state index contributed by atoms with van der Waals surface area (Å²) in [5, 5.41) is 0.671. The van der Waals surface area contributed by atoms with Crippen molar-refractivity contribution in [2.24, 2.45) is 0 Å². The lowest BCUT2D eigenvalue weighted by molar-refractivity contribution is -0.130. The van der Waals surface area contributed by atoms with Gasteiger partial charge in [-0.05, 0) is 42.3 Å². The smallest absolute Gasteiger partial charge is 0.222 e. The Hall–Kier alpha value is -2.20. The molecule has 0 atom stereocenters. The van der Waals surface area contributed by atoms with Crippen LogP contribution in [-0.2, 0) is 11.2 Å². The zero-order valence-electron chi connectivity index (χ0n) is 13.2. The van der Waals surface area contributed by atoms with Crippen LogP contribution in [0.25, 0.3) is 0 Å². The maximum Gasteiger partial charge on any atom is 0.222 e. The zero-order chi connectivity index (χ0) is 16.7. The van der Waals surface area contributed by atoms with E-state index in [0.29, 0.717) is 31.0 Å². The van der Waals surface area contributed by atoms with Crippen LogP contribution in [0.5, 0.6) is 5.75 Å². The number of aryl methyl sites for hydroxylation is 1. The molecule has 0 saturated carbocycles. The van der Waals surface area contributed by atoms with E-state index in [1.807, 2.05) is 36.4 Å². The van der Waals surface area contributed by atoms with Gasteiger partial charge in [0.15, 0.2) is 0 Å². The van der Waals surface area contributed by atoms with Gasteiger partial charge in [-0.1, -0.05) is 29.8 Å². The number of nitrogens with two attached hydrogens (primary N) is 1. The first-order chi connectivity index (χ1) is 11.1. The van der Waals surface area contributed by atoms with Crippen LogP contribution in [0.3, 0.4) is 0 Å². The molecule has 4 nitrogen and oxygen atoms in total. The number of carbonyl (C=O) groups is 1. The minimum absolute atomic E-state index is 0.0768. The van der Waals surface area contributed by atoms with Crippen LogP contribution >= 0.6 is 11.6 Å². The fourth-order valence-electron chi connectivity index (χ4n) is 2.15. The van der Waals surface area contributed by atoms with Crippen LogP contribution in [0.4, 0.5) is 5.69 Å². The Kier molecular flexibility index (Phi) is 6.29. The third kappa shape index (κ3) is 5.49. The molecular weight excluding hydrogens is 312 g/mol. The summed E-state index contributed by atoms with van der Waals surface area (Å²) in [6.07, 6.45) is 1.08. The highest BCUT2D eigenvalue weighted by molar-refractivity contribution is 6.30. The fourth-order valence-corrected chi connectivity index (χ4v) is 2.28. The van der Waals surface area contributed by atoms with E-state index in [1.165, 1.54) is 0 Å². The molecule has 0 aliphatic carbocycles. The van der Waals surface area contributed by atoms with Gasteiger partial charge in [0.05, 0.1) is 6.54 Å². The first-order valence-corrected chi connectivity index (χ1v) is 7.90. The lowest BCUT2D eigenvalue weighted by Gasteiger charge is -2.17. The van der Waals surface area contributed by atoms with Gasteiger partial charge in [-0.15, -0.1) is 0 Å². The second-order valence-corrected chi connectivity index (χ2v) is 5.75. The number of halogens is 1. The molecule has 0 spiro atoms. The molecule has 2 aromatic rings. The second kappa shape index (κ2) is 8.44. The van der Waals surface area contributed by atoms with Crippen molar-refractivity contribution < 1.29 is 9.53 Å². The van der Waals surface area contributed by atoms with Gasteiger partial charge in [-0.3, -0.25) is 4.79 Å². The summed E-state index contributed by atoms with van der Waals surface area (Å²) < 4.78 is 5.59. The SMILES string of the molecule is CN(CCOc1ccc(Cl)cc1)C(=O)CCc1ccccc1N. The minimum Gasteiger partial charge on any atom is -0.492 e. The van der Waals surface area contributed by atoms with Crippen LogP contribution in [-0.4, -0.2) is 31.0 Å². The van der Waals surface area contributed by atoms with Crippen molar-refractivity contribution in [1.29, 1.82) is 0 Å². The van der Waals surface area contributed by atoms with Crippen molar-refractivity contribution in [3.63, 3.8) is 0 Å². The number of rotatable bonds is 7. The van der Waals surface area contributed by atoms with E-state index in [0.717, 1.165) is 17.0 Å². The number of amides is 1. The van der Waals surface area contributed by atoms with Gasteiger partial charge in [0.25, 0.3) is 0 Å². The van der Waals surface area contributed by atoms with Crippen molar-refractivity contribution in [3.8, 4) is 5.75 Å². The summed E-state index contributed by atoms with van der Waals surface area (Å²) in [6.45, 7) is 0.975. The summed E-state index contributed by atoms with van der Waals surface area (Å²) in [6, 6.07) is 14.8. The van der Waals surface area contributed by atoms with E-state index in [2.05, 4.69) is 0 Å². The molecule has 0 aliphatic heterocycles. The van der Waals surface area contributed by atoms with Gasteiger partial charge in [0.1, 0.15) is 12.4 Å². The third-order valence-corrected chi connectivity index (χ3v) is 3.85. The van der Waals surface area contributed by atoms with Crippen molar-refractivity contribution in [2.75, 3.05) is 25.9 Å². The Morgan fingerprint density at radius 1 is 1.17 bits per heavy atom. The van der Waals surface area contributed by atoms with Crippen molar-refractivity contribution in [3.05, 3.63) is 59.1 Å². The number of hydrogen-bond donors (Lipinski definition) is 1. The number of carbonyl (C=O) groups excluding carboxylic acids is 1. The summed E-state index contributed by atoms with van der Waals surface area (Å²) in [5.74, 6) is 0.820. The maximum absolute atomic E-state index is 12.1. The highest BCUT2D eigenvalue weighted by Crippen LogP contribution is 2.15. The van der Waals surface area contributed by atoms with Crippen LogP contribution in [0.2, 0.25) is 5.02 Å². The Bertz CT molecular complexity index is 644. The number of likely N-dealkylation sites (N-methyl/N-ethyl adjacent to an activating group) is 1. The number of anilines is 1. The summed E-state index contributed by atoms with van der Waals surface area (Å²) >= 11 is 5.82. The van der Waals surface area contributed by atoms with Crippen LogP contribution in [0.15, 0.2) is 48.5 Å². The van der Waals surface area contributed by atoms with Gasteiger partial charge in [0.2, 0.25) is 5.91 Å². The molecule has 2 aromatic carbocycles. The Balaban J connectivity index is 1.72. The molecule has 0 heterocycles. The lowest BCUT2D eigenvalue weighted by atomic mass is 10.1. The largest absolute Gasteiger partial charge is 0.492 e. The summed E-state index contributed by atoms with van der Waals surface area (Å²) in [5.41, 5.74) is 7.62. The first-order valence-electron chi connectivity index (χ1n) is 7.52. The second-order valence-electron chi connectivity index (χ2n) is 5.32. The minimum atomic E-state index is 0.0768. The molecular formula is C18H21ClN2O2. The molecule has 1 amide bonds. The molecule has 23 heavy (non-hydrogen) atoms. The zero-order valence-corrected chi connectivity index (χ0v) is 13.9. The van der Waals surface area contributed by atoms with Crippen LogP contribution in [0.1, 0.15) is 12.0 Å². The molecule has 2 rings (SSSR count). The molecule has 122 valence electrons. The van der Waals surface area contributed by atoms with Gasteiger partial charge < -0.3 is 15.4 Å². The molecule has 0 fully saturated rings. The Labute approximate surface area is 141 Å². The summed E-state index contributed by atoms with van der Waals surface area (Å²) in [7, 11) is 1.78. The molecule has 0 bridgehead atoms. The number of nitrogen functional groups attached to an aromatic ring is 1. The Morgan fingerprint density at radius 2 is 1.87 bits per heavy atom. The van der Waals surface area contributed by atoms with Crippen LogP contribution < -0.4 is 10.5 Å². The average molecular weight is 333 g/mol. The van der Waals surface area contributed by atoms with E-state index >= 15 is 0 Å². The topological polar surface area (TPSA) is 55.6 Å². The molecule has 5 heteroatoms. The first kappa shape index (κ1) is 17.2. The van der Waals surface area contributed by atoms with E-state index in [1.54, 1.807) is 24.1 Å². The molecule has 0 aliphatic rings. The number of hydrogen-bond acceptors (Lipinski definition) is 3.